The van der Waals surface area contributed by atoms with Crippen molar-refractivity contribution >= 4 is 12.2 Å². The smallest absolute Gasteiger partial charge is 0.290 e. The molecule has 0 aromatic heterocycles. The average Bonchev–Trinajstić information content (AvgIpc) is 2.06. The van der Waals surface area contributed by atoms with E-state index in [9.17, 15) is 0 Å². The van der Waals surface area contributed by atoms with Crippen LogP contribution in [0.3, 0.4) is 0 Å². The zero-order valence-corrected chi connectivity index (χ0v) is 7.03. The molecule has 0 aliphatic carbocycles. The molecule has 1 rings (SSSR count). The summed E-state index contributed by atoms with van der Waals surface area (Å²) in [5.41, 5.74) is 7.69. The molecule has 0 unspecified atom stereocenters. The number of rotatable bonds is 1. The van der Waals surface area contributed by atoms with E-state index in [1.165, 1.54) is 5.56 Å². The van der Waals surface area contributed by atoms with Crippen LogP contribution in [0.25, 0.3) is 0 Å². The van der Waals surface area contributed by atoms with Crippen molar-refractivity contribution in [3.63, 3.8) is 0 Å². The maximum absolute atomic E-state index is 8.36. The van der Waals surface area contributed by atoms with E-state index < -0.39 is 0 Å². The number of nitrogen functional groups attached to an aromatic ring is 1. The molecule has 0 saturated carbocycles. The Morgan fingerprint density at radius 3 is 2.50 bits per heavy atom. The molecular weight excluding hydrogens is 154 g/mol. The summed E-state index contributed by atoms with van der Waals surface area (Å²) < 4.78 is 0. The molecule has 0 aliphatic rings. The van der Waals surface area contributed by atoms with Crippen LogP contribution >= 0.6 is 0 Å². The van der Waals surface area contributed by atoms with Crippen molar-refractivity contribution in [1.82, 2.24) is 0 Å². The fourth-order valence-electron chi connectivity index (χ4n) is 0.813. The highest BCUT2D eigenvalue weighted by atomic mass is 16.3. The van der Waals surface area contributed by atoms with Crippen LogP contribution in [0.15, 0.2) is 24.3 Å². The van der Waals surface area contributed by atoms with Crippen molar-refractivity contribution in [2.45, 2.75) is 13.3 Å². The van der Waals surface area contributed by atoms with Gasteiger partial charge in [-0.2, -0.15) is 0 Å². The summed E-state index contributed by atoms with van der Waals surface area (Å²) in [6.07, 6.45) is 1.06. The number of hydrogen-bond acceptors (Lipinski definition) is 2. The molecule has 3 N–H and O–H groups in total. The first kappa shape index (κ1) is 10.5. The lowest BCUT2D eigenvalue weighted by molar-refractivity contribution is -0.122. The summed E-state index contributed by atoms with van der Waals surface area (Å²) in [6.45, 7) is 1.87. The summed E-state index contributed by atoms with van der Waals surface area (Å²) in [5, 5.41) is 6.89. The third-order valence-electron chi connectivity index (χ3n) is 1.36. The Balaban J connectivity index is 0.000000354. The molecule has 3 nitrogen and oxygen atoms in total. The normalized spacial score (nSPS) is 8.08. The van der Waals surface area contributed by atoms with Crippen LogP contribution in [0.4, 0.5) is 5.69 Å². The monoisotopic (exact) mass is 167 g/mol. The zero-order valence-electron chi connectivity index (χ0n) is 7.03. The fraction of sp³-hybridized carbons (Fsp3) is 0.222. The van der Waals surface area contributed by atoms with Crippen LogP contribution in [0.1, 0.15) is 12.5 Å². The molecule has 0 amide bonds. The predicted molar refractivity (Wildman–Crippen MR) is 48.9 cm³/mol. The van der Waals surface area contributed by atoms with Gasteiger partial charge in [-0.25, -0.2) is 0 Å². The number of hydrogen-bond donors (Lipinski definition) is 2. The van der Waals surface area contributed by atoms with E-state index in [2.05, 4.69) is 13.0 Å². The molecule has 3 heteroatoms. The second kappa shape index (κ2) is 6.22. The van der Waals surface area contributed by atoms with E-state index in [4.69, 9.17) is 15.6 Å². The molecule has 0 bridgehead atoms. The molecule has 66 valence electrons. The number of carboxylic acid groups (broad SMARTS) is 1. The van der Waals surface area contributed by atoms with Crippen LogP contribution in [0.5, 0.6) is 0 Å². The lowest BCUT2D eigenvalue weighted by atomic mass is 10.1. The van der Waals surface area contributed by atoms with Crippen molar-refractivity contribution in [3.8, 4) is 0 Å². The van der Waals surface area contributed by atoms with Gasteiger partial charge in [0.1, 0.15) is 0 Å². The summed E-state index contributed by atoms with van der Waals surface area (Å²) in [7, 11) is 0. The van der Waals surface area contributed by atoms with Gasteiger partial charge in [-0.3, -0.25) is 4.79 Å². The van der Waals surface area contributed by atoms with Gasteiger partial charge in [-0.1, -0.05) is 19.1 Å². The van der Waals surface area contributed by atoms with E-state index in [-0.39, 0.29) is 6.47 Å². The molecule has 0 atom stereocenters. The standard InChI is InChI=1S/C8H11N.CH2O2/c1-2-7-4-3-5-8(9)6-7;2-1-3/h3-6H,2,9H2,1H3;1H,(H,2,3). The second-order valence-corrected chi connectivity index (χ2v) is 2.20. The van der Waals surface area contributed by atoms with Crippen LogP contribution in [0, 0.1) is 0 Å². The van der Waals surface area contributed by atoms with E-state index in [0.717, 1.165) is 12.1 Å². The number of anilines is 1. The van der Waals surface area contributed by atoms with Gasteiger partial charge in [-0.15, -0.1) is 0 Å². The quantitative estimate of drug-likeness (QED) is 0.492. The second-order valence-electron chi connectivity index (χ2n) is 2.20. The van der Waals surface area contributed by atoms with E-state index in [1.54, 1.807) is 0 Å². The fourth-order valence-corrected chi connectivity index (χ4v) is 0.813. The highest BCUT2D eigenvalue weighted by Crippen LogP contribution is 2.05. The van der Waals surface area contributed by atoms with Gasteiger partial charge < -0.3 is 10.8 Å². The molecule has 0 heterocycles. The number of aryl methyl sites for hydroxylation is 1. The van der Waals surface area contributed by atoms with E-state index in [1.807, 2.05) is 18.2 Å². The Labute approximate surface area is 71.8 Å². The molecular formula is C9H13NO2. The van der Waals surface area contributed by atoms with E-state index >= 15 is 0 Å². The molecule has 0 fully saturated rings. The highest BCUT2D eigenvalue weighted by molar-refractivity contribution is 5.40. The summed E-state index contributed by atoms with van der Waals surface area (Å²) in [6, 6.07) is 7.96. The minimum atomic E-state index is -0.250. The Hall–Kier alpha value is -1.51. The number of benzene rings is 1. The Morgan fingerprint density at radius 2 is 2.17 bits per heavy atom. The topological polar surface area (TPSA) is 63.3 Å². The van der Waals surface area contributed by atoms with Gasteiger partial charge in [0.15, 0.2) is 0 Å². The molecule has 0 aliphatic heterocycles. The SMILES string of the molecule is CCc1cccc(N)c1.O=CO. The van der Waals surface area contributed by atoms with Crippen molar-refractivity contribution in [2.75, 3.05) is 5.73 Å². The highest BCUT2D eigenvalue weighted by Gasteiger charge is 1.86. The van der Waals surface area contributed by atoms with Crippen LogP contribution in [-0.4, -0.2) is 11.6 Å². The summed E-state index contributed by atoms with van der Waals surface area (Å²) >= 11 is 0. The van der Waals surface area contributed by atoms with Crippen LogP contribution < -0.4 is 5.73 Å². The van der Waals surface area contributed by atoms with Gasteiger partial charge >= 0.3 is 0 Å². The molecule has 12 heavy (non-hydrogen) atoms. The van der Waals surface area contributed by atoms with Crippen molar-refractivity contribution in [1.29, 1.82) is 0 Å². The Bertz CT molecular complexity index is 236. The first-order valence-electron chi connectivity index (χ1n) is 3.66. The lowest BCUT2D eigenvalue weighted by Crippen LogP contribution is -1.85. The number of carbonyl (C=O) groups is 1. The van der Waals surface area contributed by atoms with Gasteiger partial charge in [-0.05, 0) is 24.1 Å². The zero-order chi connectivity index (χ0) is 9.40. The Kier molecular flexibility index (Phi) is 5.43. The van der Waals surface area contributed by atoms with Crippen molar-refractivity contribution in [2.24, 2.45) is 0 Å². The first-order chi connectivity index (χ1) is 5.74. The average molecular weight is 167 g/mol. The van der Waals surface area contributed by atoms with Gasteiger partial charge in [0, 0.05) is 5.69 Å². The van der Waals surface area contributed by atoms with Crippen LogP contribution in [0.2, 0.25) is 0 Å². The predicted octanol–water partition coefficient (Wildman–Crippen LogP) is 1.53. The number of nitrogens with two attached hydrogens (primary N) is 1. The molecule has 0 spiro atoms. The molecule has 0 radical (unpaired) electrons. The lowest BCUT2D eigenvalue weighted by Gasteiger charge is -1.95. The molecule has 1 aromatic carbocycles. The van der Waals surface area contributed by atoms with Crippen molar-refractivity contribution in [3.05, 3.63) is 29.8 Å². The van der Waals surface area contributed by atoms with Gasteiger partial charge in [0.05, 0.1) is 0 Å². The summed E-state index contributed by atoms with van der Waals surface area (Å²) in [5.74, 6) is 0. The largest absolute Gasteiger partial charge is 0.483 e. The Morgan fingerprint density at radius 1 is 1.58 bits per heavy atom. The molecule has 0 saturated heterocycles. The maximum Gasteiger partial charge on any atom is 0.290 e. The molecule has 1 aromatic rings. The third-order valence-corrected chi connectivity index (χ3v) is 1.36. The minimum Gasteiger partial charge on any atom is -0.483 e. The first-order valence-corrected chi connectivity index (χ1v) is 3.66. The minimum absolute atomic E-state index is 0.250. The third kappa shape index (κ3) is 4.33. The van der Waals surface area contributed by atoms with Gasteiger partial charge in [0.25, 0.3) is 6.47 Å². The summed E-state index contributed by atoms with van der Waals surface area (Å²) in [4.78, 5) is 8.36. The van der Waals surface area contributed by atoms with Gasteiger partial charge in [0.2, 0.25) is 0 Å². The maximum atomic E-state index is 8.36. The van der Waals surface area contributed by atoms with E-state index in [0.29, 0.717) is 0 Å². The van der Waals surface area contributed by atoms with Crippen molar-refractivity contribution < 1.29 is 9.90 Å². The van der Waals surface area contributed by atoms with Crippen LogP contribution in [-0.2, 0) is 11.2 Å².